The summed E-state index contributed by atoms with van der Waals surface area (Å²) in [5.41, 5.74) is 14.4. The van der Waals surface area contributed by atoms with E-state index in [1.165, 1.54) is 41.4 Å². The van der Waals surface area contributed by atoms with Crippen LogP contribution in [0.15, 0.2) is 66.4 Å². The number of aryl methyl sites for hydroxylation is 2. The molecule has 3 heterocycles. The Kier molecular flexibility index (Phi) is 21.8. The van der Waals surface area contributed by atoms with Gasteiger partial charge in [0.05, 0.1) is 32.1 Å². The Balaban J connectivity index is 0.000000582. The van der Waals surface area contributed by atoms with Crippen LogP contribution < -0.4 is 5.73 Å². The van der Waals surface area contributed by atoms with Gasteiger partial charge in [-0.15, -0.1) is 0 Å². The minimum Gasteiger partial charge on any atom is -0.487 e. The highest BCUT2D eigenvalue weighted by atomic mass is 19.1. The molecule has 6 nitrogen and oxygen atoms in total. The van der Waals surface area contributed by atoms with Crippen molar-refractivity contribution in [3.8, 4) is 0 Å². The highest BCUT2D eigenvalue weighted by molar-refractivity contribution is 6.10. The van der Waals surface area contributed by atoms with E-state index in [-0.39, 0.29) is 12.4 Å². The molecule has 0 spiro atoms. The predicted octanol–water partition coefficient (Wildman–Crippen LogP) is 9.24. The van der Waals surface area contributed by atoms with Crippen molar-refractivity contribution >= 4 is 11.4 Å². The summed E-state index contributed by atoms with van der Waals surface area (Å²) in [6.07, 6.45) is 2.92. The van der Waals surface area contributed by atoms with Gasteiger partial charge in [0.15, 0.2) is 0 Å². The molecule has 0 unspecified atom stereocenters. The van der Waals surface area contributed by atoms with E-state index in [2.05, 4.69) is 36.9 Å². The number of nitrogens with two attached hydrogens (primary N) is 1. The van der Waals surface area contributed by atoms with E-state index in [0.29, 0.717) is 36.0 Å². The summed E-state index contributed by atoms with van der Waals surface area (Å²) in [5.74, 6) is 0.392. The van der Waals surface area contributed by atoms with Crippen molar-refractivity contribution in [1.82, 2.24) is 0 Å². The third-order valence-corrected chi connectivity index (χ3v) is 6.46. The first-order chi connectivity index (χ1) is 21.9. The fraction of sp³-hybridized carbons (Fsp3) is 0.421. The molecule has 3 aromatic carbocycles. The SMILES string of the molecule is C/C=C1\OCc2ccc(C)cc2C1=N.CC.CC.CC.CN.Cc1ccc2c(c1)CCOC2.N=C1COCc2ccc(F)cc21. The Hall–Kier alpha value is -3.65. The third-order valence-electron chi connectivity index (χ3n) is 6.46. The molecule has 248 valence electrons. The Labute approximate surface area is 271 Å². The molecule has 3 aliphatic heterocycles. The molecular formula is C38H56FN3O3. The van der Waals surface area contributed by atoms with Gasteiger partial charge in [0.1, 0.15) is 23.9 Å². The molecule has 0 aliphatic carbocycles. The van der Waals surface area contributed by atoms with Gasteiger partial charge in [0.2, 0.25) is 0 Å². The Morgan fingerprint density at radius 1 is 0.667 bits per heavy atom. The van der Waals surface area contributed by atoms with Gasteiger partial charge in [-0.25, -0.2) is 4.39 Å². The van der Waals surface area contributed by atoms with Crippen molar-refractivity contribution in [2.75, 3.05) is 20.3 Å². The van der Waals surface area contributed by atoms with E-state index in [0.717, 1.165) is 36.3 Å². The van der Waals surface area contributed by atoms with E-state index < -0.39 is 0 Å². The summed E-state index contributed by atoms with van der Waals surface area (Å²) in [7, 11) is 1.50. The van der Waals surface area contributed by atoms with Crippen LogP contribution in [-0.4, -0.2) is 31.7 Å². The molecule has 0 aromatic heterocycles. The minimum absolute atomic E-state index is 0.288. The van der Waals surface area contributed by atoms with Crippen LogP contribution in [0.25, 0.3) is 0 Å². The lowest BCUT2D eigenvalue weighted by molar-refractivity contribution is 0.110. The summed E-state index contributed by atoms with van der Waals surface area (Å²) >= 11 is 0. The number of ether oxygens (including phenoxy) is 3. The average molecular weight is 622 g/mol. The quantitative estimate of drug-likeness (QED) is 0.233. The van der Waals surface area contributed by atoms with Gasteiger partial charge in [0, 0.05) is 11.1 Å². The van der Waals surface area contributed by atoms with Crippen LogP contribution in [0.3, 0.4) is 0 Å². The maximum Gasteiger partial charge on any atom is 0.141 e. The number of hydrogen-bond acceptors (Lipinski definition) is 6. The lowest BCUT2D eigenvalue weighted by atomic mass is 9.97. The number of benzene rings is 3. The van der Waals surface area contributed by atoms with Gasteiger partial charge in [-0.2, -0.15) is 0 Å². The highest BCUT2D eigenvalue weighted by Gasteiger charge is 2.19. The Morgan fingerprint density at radius 2 is 1.22 bits per heavy atom. The lowest BCUT2D eigenvalue weighted by Gasteiger charge is -2.21. The molecule has 3 aliphatic rings. The largest absolute Gasteiger partial charge is 0.487 e. The molecule has 3 aromatic rings. The smallest absolute Gasteiger partial charge is 0.141 e. The van der Waals surface area contributed by atoms with Gasteiger partial charge in [-0.05, 0) is 80.8 Å². The predicted molar refractivity (Wildman–Crippen MR) is 188 cm³/mol. The second-order valence-corrected chi connectivity index (χ2v) is 9.32. The Bertz CT molecular complexity index is 1350. The van der Waals surface area contributed by atoms with Crippen LogP contribution in [0.2, 0.25) is 0 Å². The van der Waals surface area contributed by atoms with Gasteiger partial charge in [-0.3, -0.25) is 5.41 Å². The van der Waals surface area contributed by atoms with Crippen molar-refractivity contribution in [3.05, 3.63) is 117 Å². The topological polar surface area (TPSA) is 101 Å². The third kappa shape index (κ3) is 13.1. The van der Waals surface area contributed by atoms with Crippen LogP contribution in [0.1, 0.15) is 93.0 Å². The molecule has 7 heteroatoms. The van der Waals surface area contributed by atoms with E-state index in [4.69, 9.17) is 25.0 Å². The zero-order chi connectivity index (χ0) is 34.4. The summed E-state index contributed by atoms with van der Waals surface area (Å²) in [5, 5.41) is 15.4. The zero-order valence-corrected chi connectivity index (χ0v) is 29.2. The molecule has 0 saturated carbocycles. The number of fused-ring (bicyclic) bond motifs is 3. The standard InChI is InChI=1S/C12H13NO.C10H12O.C9H8FNO.3C2H6.CH5N/c1-3-11-12(13)10-6-8(2)4-5-9(10)7-14-11;1-8-2-3-10-7-11-5-4-9(10)6-8;10-7-2-1-6-4-12-5-9(11)8(6)3-7;4*1-2/h3-6,13H,7H2,1-2H3;2-3,6H,4-5,7H2,1H3;1-3,11H,4-5H2;3*1-2H3;2H2,1H3/b11-3-,13-12?;;;;;;. The van der Waals surface area contributed by atoms with Gasteiger partial charge < -0.3 is 25.4 Å². The fourth-order valence-corrected chi connectivity index (χ4v) is 4.43. The molecule has 0 atom stereocenters. The average Bonchev–Trinajstić information content (AvgIpc) is 3.10. The van der Waals surface area contributed by atoms with Crippen LogP contribution in [0, 0.1) is 30.5 Å². The number of allylic oxidation sites excluding steroid dienone is 2. The molecular weight excluding hydrogens is 565 g/mol. The van der Waals surface area contributed by atoms with Crippen molar-refractivity contribution in [2.24, 2.45) is 5.73 Å². The molecule has 0 fully saturated rings. The van der Waals surface area contributed by atoms with E-state index in [1.54, 1.807) is 6.07 Å². The summed E-state index contributed by atoms with van der Waals surface area (Å²) in [6.45, 7) is 21.1. The molecule has 0 bridgehead atoms. The maximum absolute atomic E-state index is 12.7. The molecule has 45 heavy (non-hydrogen) atoms. The summed E-state index contributed by atoms with van der Waals surface area (Å²) in [6, 6.07) is 17.2. The number of nitrogens with one attached hydrogen (secondary N) is 2. The first kappa shape index (κ1) is 41.4. The van der Waals surface area contributed by atoms with Crippen molar-refractivity contribution < 1.29 is 18.6 Å². The maximum atomic E-state index is 12.7. The molecule has 6 rings (SSSR count). The van der Waals surface area contributed by atoms with Crippen LogP contribution >= 0.6 is 0 Å². The van der Waals surface area contributed by atoms with Crippen LogP contribution in [0.4, 0.5) is 4.39 Å². The van der Waals surface area contributed by atoms with Crippen molar-refractivity contribution in [2.45, 2.75) is 88.6 Å². The number of halogens is 1. The van der Waals surface area contributed by atoms with Gasteiger partial charge in [-0.1, -0.05) is 89.1 Å². The molecule has 4 N–H and O–H groups in total. The number of hydrogen-bond donors (Lipinski definition) is 3. The highest BCUT2D eigenvalue weighted by Crippen LogP contribution is 2.24. The van der Waals surface area contributed by atoms with E-state index in [9.17, 15) is 4.39 Å². The molecule has 0 saturated heterocycles. The summed E-state index contributed by atoms with van der Waals surface area (Å²) in [4.78, 5) is 0. The summed E-state index contributed by atoms with van der Waals surface area (Å²) < 4.78 is 28.6. The normalized spacial score (nSPS) is 14.3. The first-order valence-electron chi connectivity index (χ1n) is 16.0. The molecule has 0 amide bonds. The second kappa shape index (κ2) is 23.7. The molecule has 0 radical (unpaired) electrons. The monoisotopic (exact) mass is 621 g/mol. The first-order valence-corrected chi connectivity index (χ1v) is 16.0. The van der Waals surface area contributed by atoms with Gasteiger partial charge in [0.25, 0.3) is 0 Å². The zero-order valence-electron chi connectivity index (χ0n) is 29.2. The Morgan fingerprint density at radius 3 is 1.87 bits per heavy atom. The van der Waals surface area contributed by atoms with E-state index in [1.807, 2.05) is 73.6 Å². The fourth-order valence-electron chi connectivity index (χ4n) is 4.43. The van der Waals surface area contributed by atoms with Gasteiger partial charge >= 0.3 is 0 Å². The number of rotatable bonds is 0. The van der Waals surface area contributed by atoms with Crippen LogP contribution in [0.5, 0.6) is 0 Å². The van der Waals surface area contributed by atoms with Crippen LogP contribution in [-0.2, 0) is 40.5 Å². The second-order valence-electron chi connectivity index (χ2n) is 9.32. The lowest BCUT2D eigenvalue weighted by Crippen LogP contribution is -2.18. The van der Waals surface area contributed by atoms with Crippen molar-refractivity contribution in [3.63, 3.8) is 0 Å². The van der Waals surface area contributed by atoms with Crippen molar-refractivity contribution in [1.29, 1.82) is 10.8 Å². The van der Waals surface area contributed by atoms with E-state index >= 15 is 0 Å². The minimum atomic E-state index is -0.291.